The van der Waals surface area contributed by atoms with Crippen molar-refractivity contribution in [2.24, 2.45) is 0 Å². The summed E-state index contributed by atoms with van der Waals surface area (Å²) in [7, 11) is 0. The first kappa shape index (κ1) is 21.1. The third-order valence-corrected chi connectivity index (χ3v) is 5.45. The van der Waals surface area contributed by atoms with Gasteiger partial charge in [-0.1, -0.05) is 17.7 Å². The molecule has 1 fully saturated rings. The number of nitrogens with one attached hydrogen (secondary N) is 2. The van der Waals surface area contributed by atoms with Crippen LogP contribution >= 0.6 is 11.6 Å². The number of rotatable bonds is 6. The fourth-order valence-corrected chi connectivity index (χ4v) is 3.81. The Morgan fingerprint density at radius 1 is 1.10 bits per heavy atom. The molecule has 0 unspecified atom stereocenters. The van der Waals surface area contributed by atoms with Crippen molar-refractivity contribution >= 4 is 40.5 Å². The van der Waals surface area contributed by atoms with Gasteiger partial charge in [0, 0.05) is 41.1 Å². The number of nitrogens with zero attached hydrogens (tertiary/aromatic N) is 3. The molecule has 0 radical (unpaired) electrons. The number of hydrogen-bond acceptors (Lipinski definition) is 5. The molecule has 6 nitrogen and oxygen atoms in total. The molecule has 0 bridgehead atoms. The van der Waals surface area contributed by atoms with Crippen LogP contribution in [-0.4, -0.2) is 29.0 Å². The Bertz CT molecular complexity index is 1060. The highest BCUT2D eigenvalue weighted by Crippen LogP contribution is 2.24. The van der Waals surface area contributed by atoms with E-state index in [2.05, 4.69) is 25.5 Å². The highest BCUT2D eigenvalue weighted by Gasteiger charge is 2.15. The van der Waals surface area contributed by atoms with E-state index in [1.54, 1.807) is 18.2 Å². The highest BCUT2D eigenvalue weighted by atomic mass is 35.5. The molecule has 1 aliphatic heterocycles. The van der Waals surface area contributed by atoms with Crippen LogP contribution in [-0.2, 0) is 11.2 Å². The Morgan fingerprint density at radius 2 is 1.81 bits per heavy atom. The number of halogens is 2. The quantitative estimate of drug-likeness (QED) is 0.559. The Labute approximate surface area is 185 Å². The second-order valence-electron chi connectivity index (χ2n) is 7.48. The van der Waals surface area contributed by atoms with Gasteiger partial charge in [0.05, 0.1) is 6.42 Å². The van der Waals surface area contributed by atoms with Crippen LogP contribution in [0.2, 0.25) is 5.02 Å². The van der Waals surface area contributed by atoms with E-state index < -0.39 is 5.82 Å². The van der Waals surface area contributed by atoms with E-state index >= 15 is 0 Å². The maximum absolute atomic E-state index is 13.9. The third kappa shape index (κ3) is 5.30. The Balaban J connectivity index is 1.40. The fraction of sp³-hybridized carbons (Fsp3) is 0.261. The van der Waals surface area contributed by atoms with Crippen LogP contribution in [0.5, 0.6) is 0 Å². The number of benzene rings is 2. The summed E-state index contributed by atoms with van der Waals surface area (Å²) in [5.74, 6) is 1.54. The van der Waals surface area contributed by atoms with Crippen LogP contribution in [0, 0.1) is 12.7 Å². The lowest BCUT2D eigenvalue weighted by molar-refractivity contribution is -0.115. The van der Waals surface area contributed by atoms with E-state index in [0.717, 1.165) is 30.4 Å². The Morgan fingerprint density at radius 3 is 2.52 bits per heavy atom. The van der Waals surface area contributed by atoms with Crippen molar-refractivity contribution in [2.75, 3.05) is 28.6 Å². The van der Waals surface area contributed by atoms with Crippen LogP contribution in [0.15, 0.2) is 48.5 Å². The summed E-state index contributed by atoms with van der Waals surface area (Å²) in [4.78, 5) is 23.6. The van der Waals surface area contributed by atoms with Crippen molar-refractivity contribution < 1.29 is 9.18 Å². The van der Waals surface area contributed by atoms with Gasteiger partial charge >= 0.3 is 0 Å². The summed E-state index contributed by atoms with van der Waals surface area (Å²) in [6.45, 7) is 3.91. The standard InChI is InChI=1S/C23H23ClFN5O/c1-15-26-21(14-22(27-15)30-11-2-3-12-30)28-16-7-9-17(10-8-16)29-23(31)13-18-19(24)5-4-6-20(18)25/h4-10,14H,2-3,11-13H2,1H3,(H,29,31)(H,26,27,28). The molecule has 1 saturated heterocycles. The van der Waals surface area contributed by atoms with E-state index in [1.165, 1.54) is 25.0 Å². The molecule has 8 heteroatoms. The molecule has 1 aromatic heterocycles. The molecule has 2 aromatic carbocycles. The van der Waals surface area contributed by atoms with Crippen molar-refractivity contribution in [3.8, 4) is 0 Å². The second kappa shape index (κ2) is 9.31. The minimum Gasteiger partial charge on any atom is -0.356 e. The highest BCUT2D eigenvalue weighted by molar-refractivity contribution is 6.31. The minimum absolute atomic E-state index is 0.134. The maximum atomic E-state index is 13.9. The molecule has 3 aromatic rings. The van der Waals surface area contributed by atoms with Crippen molar-refractivity contribution in [2.45, 2.75) is 26.2 Å². The van der Waals surface area contributed by atoms with Crippen LogP contribution in [0.25, 0.3) is 0 Å². The van der Waals surface area contributed by atoms with E-state index in [0.29, 0.717) is 11.5 Å². The zero-order valence-corrected chi connectivity index (χ0v) is 17.9. The number of aryl methyl sites for hydroxylation is 1. The summed E-state index contributed by atoms with van der Waals surface area (Å²) < 4.78 is 13.9. The Hall–Kier alpha value is -3.19. The topological polar surface area (TPSA) is 70.2 Å². The lowest BCUT2D eigenvalue weighted by Gasteiger charge is -2.18. The molecule has 1 amide bonds. The van der Waals surface area contributed by atoms with Gasteiger partial charge in [-0.3, -0.25) is 4.79 Å². The third-order valence-electron chi connectivity index (χ3n) is 5.09. The molecular formula is C23H23ClFN5O. The first-order chi connectivity index (χ1) is 15.0. The summed E-state index contributed by atoms with van der Waals surface area (Å²) in [6, 6.07) is 13.6. The van der Waals surface area contributed by atoms with E-state index in [-0.39, 0.29) is 22.9 Å². The molecule has 31 heavy (non-hydrogen) atoms. The molecule has 1 aliphatic rings. The predicted octanol–water partition coefficient (Wildman–Crippen LogP) is 5.10. The molecule has 160 valence electrons. The molecule has 0 aliphatic carbocycles. The number of amides is 1. The summed E-state index contributed by atoms with van der Waals surface area (Å²) in [5, 5.41) is 6.29. The summed E-state index contributed by atoms with van der Waals surface area (Å²) >= 11 is 6.00. The summed E-state index contributed by atoms with van der Waals surface area (Å²) in [5.41, 5.74) is 1.63. The largest absolute Gasteiger partial charge is 0.356 e. The van der Waals surface area contributed by atoms with Gasteiger partial charge in [-0.05, 0) is 56.2 Å². The lowest BCUT2D eigenvalue weighted by Crippen LogP contribution is -2.19. The van der Waals surface area contributed by atoms with Gasteiger partial charge in [-0.25, -0.2) is 14.4 Å². The number of aromatic nitrogens is 2. The molecule has 2 N–H and O–H groups in total. The van der Waals surface area contributed by atoms with Gasteiger partial charge in [0.15, 0.2) is 0 Å². The summed E-state index contributed by atoms with van der Waals surface area (Å²) in [6.07, 6.45) is 2.23. The zero-order chi connectivity index (χ0) is 21.8. The van der Waals surface area contributed by atoms with Crippen LogP contribution in [0.4, 0.5) is 27.4 Å². The van der Waals surface area contributed by atoms with Gasteiger partial charge in [0.25, 0.3) is 0 Å². The van der Waals surface area contributed by atoms with Crippen molar-refractivity contribution in [1.29, 1.82) is 0 Å². The first-order valence-corrected chi connectivity index (χ1v) is 10.6. The molecule has 0 saturated carbocycles. The molecular weight excluding hydrogens is 417 g/mol. The first-order valence-electron chi connectivity index (χ1n) is 10.2. The maximum Gasteiger partial charge on any atom is 0.228 e. The zero-order valence-electron chi connectivity index (χ0n) is 17.2. The van der Waals surface area contributed by atoms with E-state index in [9.17, 15) is 9.18 Å². The van der Waals surface area contributed by atoms with Crippen molar-refractivity contribution in [3.05, 3.63) is 70.8 Å². The number of carbonyl (C=O) groups excluding carboxylic acids is 1. The molecule has 2 heterocycles. The van der Waals surface area contributed by atoms with E-state index in [4.69, 9.17) is 11.6 Å². The molecule has 0 atom stereocenters. The van der Waals surface area contributed by atoms with Crippen LogP contribution in [0.3, 0.4) is 0 Å². The van der Waals surface area contributed by atoms with Crippen molar-refractivity contribution in [1.82, 2.24) is 9.97 Å². The lowest BCUT2D eigenvalue weighted by atomic mass is 10.1. The number of hydrogen-bond donors (Lipinski definition) is 2. The van der Waals surface area contributed by atoms with Crippen molar-refractivity contribution in [3.63, 3.8) is 0 Å². The van der Waals surface area contributed by atoms with Gasteiger partial charge in [0.1, 0.15) is 23.3 Å². The van der Waals surface area contributed by atoms with Gasteiger partial charge in [-0.15, -0.1) is 0 Å². The van der Waals surface area contributed by atoms with E-state index in [1.807, 2.05) is 25.1 Å². The average molecular weight is 440 g/mol. The smallest absolute Gasteiger partial charge is 0.228 e. The Kier molecular flexibility index (Phi) is 6.32. The SMILES string of the molecule is Cc1nc(Nc2ccc(NC(=O)Cc3c(F)cccc3Cl)cc2)cc(N2CCCC2)n1. The normalized spacial score (nSPS) is 13.3. The van der Waals surface area contributed by atoms with Crippen LogP contribution < -0.4 is 15.5 Å². The predicted molar refractivity (Wildman–Crippen MR) is 122 cm³/mol. The molecule has 0 spiro atoms. The minimum atomic E-state index is -0.490. The van der Waals surface area contributed by atoms with Gasteiger partial charge in [0.2, 0.25) is 5.91 Å². The fourth-order valence-electron chi connectivity index (χ4n) is 3.58. The average Bonchev–Trinajstić information content (AvgIpc) is 3.27. The van der Waals surface area contributed by atoms with Crippen LogP contribution in [0.1, 0.15) is 24.2 Å². The number of anilines is 4. The number of carbonyl (C=O) groups is 1. The molecule has 4 rings (SSSR count). The van der Waals surface area contributed by atoms with Gasteiger partial charge in [-0.2, -0.15) is 0 Å². The van der Waals surface area contributed by atoms with Gasteiger partial charge < -0.3 is 15.5 Å². The monoisotopic (exact) mass is 439 g/mol. The second-order valence-corrected chi connectivity index (χ2v) is 7.89.